The van der Waals surface area contributed by atoms with Crippen LogP contribution in [0.2, 0.25) is 0 Å². The Labute approximate surface area is 108 Å². The molecule has 0 unspecified atom stereocenters. The van der Waals surface area contributed by atoms with Gasteiger partial charge in [0.15, 0.2) is 0 Å². The molecule has 17 heavy (non-hydrogen) atoms. The summed E-state index contributed by atoms with van der Waals surface area (Å²) in [6.07, 6.45) is 0. The molecule has 1 aromatic carbocycles. The van der Waals surface area contributed by atoms with Crippen LogP contribution in [0.4, 0.5) is 0 Å². The van der Waals surface area contributed by atoms with Crippen LogP contribution in [0.25, 0.3) is 0 Å². The average molecular weight is 250 g/mol. The number of hydrogen-bond acceptors (Lipinski definition) is 3. The first-order valence-electron chi connectivity index (χ1n) is 5.69. The third-order valence-electron chi connectivity index (χ3n) is 2.35. The van der Waals surface area contributed by atoms with Gasteiger partial charge in [-0.25, -0.2) is 4.79 Å². The summed E-state index contributed by atoms with van der Waals surface area (Å²) in [6.45, 7) is 8.28. The van der Waals surface area contributed by atoms with E-state index >= 15 is 0 Å². The Morgan fingerprint density at radius 2 is 1.76 bits per heavy atom. The van der Waals surface area contributed by atoms with Crippen molar-refractivity contribution >= 4 is 23.1 Å². The van der Waals surface area contributed by atoms with E-state index in [1.165, 1.54) is 0 Å². The summed E-state index contributed by atoms with van der Waals surface area (Å²) < 4.78 is 5.03. The van der Waals surface area contributed by atoms with Crippen LogP contribution in [0.5, 0.6) is 0 Å². The van der Waals surface area contributed by atoms with Crippen LogP contribution in [0.3, 0.4) is 0 Å². The first kappa shape index (κ1) is 13.8. The van der Waals surface area contributed by atoms with Crippen molar-refractivity contribution in [2.75, 3.05) is 6.61 Å². The van der Waals surface area contributed by atoms with Gasteiger partial charge in [-0.3, -0.25) is 0 Å². The lowest BCUT2D eigenvalue weighted by Gasteiger charge is -2.21. The van der Waals surface area contributed by atoms with Gasteiger partial charge in [-0.2, -0.15) is 0 Å². The highest BCUT2D eigenvalue weighted by molar-refractivity contribution is 7.81. The monoisotopic (exact) mass is 250 g/mol. The summed E-state index contributed by atoms with van der Waals surface area (Å²) in [5.74, 6) is -0.310. The number of carbonyl (C=O) groups is 1. The maximum Gasteiger partial charge on any atom is 0.338 e. The third-order valence-corrected chi connectivity index (χ3v) is 3.18. The Bertz CT molecular complexity index is 430. The molecule has 0 aliphatic rings. The van der Waals surface area contributed by atoms with E-state index in [0.717, 1.165) is 10.4 Å². The van der Waals surface area contributed by atoms with E-state index in [-0.39, 0.29) is 11.4 Å². The fourth-order valence-electron chi connectivity index (χ4n) is 1.47. The number of benzene rings is 1. The van der Waals surface area contributed by atoms with Crippen molar-refractivity contribution < 1.29 is 9.53 Å². The van der Waals surface area contributed by atoms with Crippen LogP contribution in [0.1, 0.15) is 43.6 Å². The van der Waals surface area contributed by atoms with Crippen LogP contribution in [0.15, 0.2) is 24.3 Å². The number of hydrogen-bond donors (Lipinski definition) is 0. The van der Waals surface area contributed by atoms with Crippen molar-refractivity contribution in [3.63, 3.8) is 0 Å². The van der Waals surface area contributed by atoms with Crippen molar-refractivity contribution in [2.24, 2.45) is 5.41 Å². The number of ether oxygens (including phenoxy) is 1. The van der Waals surface area contributed by atoms with Crippen molar-refractivity contribution in [1.82, 2.24) is 0 Å². The molecule has 2 nitrogen and oxygen atoms in total. The molecular formula is C14H18O2S. The quantitative estimate of drug-likeness (QED) is 0.465. The summed E-state index contributed by atoms with van der Waals surface area (Å²) in [4.78, 5) is 12.6. The Hall–Kier alpha value is -1.22. The van der Waals surface area contributed by atoms with Crippen molar-refractivity contribution in [2.45, 2.75) is 27.7 Å². The van der Waals surface area contributed by atoms with E-state index in [2.05, 4.69) is 0 Å². The molecule has 0 N–H and O–H groups in total. The highest BCUT2D eigenvalue weighted by atomic mass is 32.1. The van der Waals surface area contributed by atoms with Gasteiger partial charge in [0.2, 0.25) is 0 Å². The topological polar surface area (TPSA) is 26.3 Å². The molecular weight excluding hydrogens is 232 g/mol. The van der Waals surface area contributed by atoms with Gasteiger partial charge < -0.3 is 4.74 Å². The van der Waals surface area contributed by atoms with E-state index in [0.29, 0.717) is 12.2 Å². The minimum Gasteiger partial charge on any atom is -0.462 e. The predicted octanol–water partition coefficient (Wildman–Crippen LogP) is 3.63. The van der Waals surface area contributed by atoms with Crippen molar-refractivity contribution in [1.29, 1.82) is 0 Å². The molecule has 0 aliphatic carbocycles. The van der Waals surface area contributed by atoms with Crippen LogP contribution >= 0.6 is 12.2 Å². The van der Waals surface area contributed by atoms with E-state index in [4.69, 9.17) is 17.0 Å². The smallest absolute Gasteiger partial charge is 0.338 e. The zero-order valence-electron chi connectivity index (χ0n) is 10.7. The molecule has 0 saturated heterocycles. The molecule has 0 bridgehead atoms. The molecule has 0 aliphatic heterocycles. The van der Waals surface area contributed by atoms with Gasteiger partial charge in [-0.05, 0) is 18.4 Å². The van der Waals surface area contributed by atoms with Gasteiger partial charge in [0.05, 0.1) is 12.2 Å². The molecule has 0 spiro atoms. The highest BCUT2D eigenvalue weighted by Gasteiger charge is 2.23. The minimum atomic E-state index is -0.310. The lowest BCUT2D eigenvalue weighted by molar-refractivity contribution is 0.0526. The van der Waals surface area contributed by atoms with Crippen molar-refractivity contribution in [3.05, 3.63) is 35.4 Å². The van der Waals surface area contributed by atoms with E-state index in [1.54, 1.807) is 13.0 Å². The van der Waals surface area contributed by atoms with Gasteiger partial charge in [-0.15, -0.1) is 0 Å². The Kier molecular flexibility index (Phi) is 4.40. The van der Waals surface area contributed by atoms with E-state index in [1.807, 2.05) is 39.0 Å². The zero-order chi connectivity index (χ0) is 13.1. The lowest BCUT2D eigenvalue weighted by atomic mass is 9.86. The molecule has 0 radical (unpaired) electrons. The molecule has 1 aromatic rings. The minimum absolute atomic E-state index is 0.141. The fraction of sp³-hybridized carbons (Fsp3) is 0.429. The van der Waals surface area contributed by atoms with Gasteiger partial charge in [0.1, 0.15) is 0 Å². The summed E-state index contributed by atoms with van der Waals surface area (Å²) in [5.41, 5.74) is 1.21. The summed E-state index contributed by atoms with van der Waals surface area (Å²) in [6, 6.07) is 7.34. The summed E-state index contributed by atoms with van der Waals surface area (Å²) in [5, 5.41) is 0. The molecule has 92 valence electrons. The molecule has 0 amide bonds. The molecule has 3 heteroatoms. The molecule has 0 atom stereocenters. The zero-order valence-corrected chi connectivity index (χ0v) is 11.6. The summed E-state index contributed by atoms with van der Waals surface area (Å²) in [7, 11) is 0. The molecule has 0 aromatic heterocycles. The molecule has 1 rings (SSSR count). The van der Waals surface area contributed by atoms with Gasteiger partial charge in [0.25, 0.3) is 0 Å². The molecule has 0 fully saturated rings. The van der Waals surface area contributed by atoms with Crippen LogP contribution in [-0.2, 0) is 4.74 Å². The second-order valence-corrected chi connectivity index (χ2v) is 5.25. The SMILES string of the molecule is CCOC(=O)c1ccccc1C(=S)C(C)(C)C. The van der Waals surface area contributed by atoms with E-state index in [9.17, 15) is 4.79 Å². The normalized spacial score (nSPS) is 11.1. The first-order chi connectivity index (χ1) is 7.88. The Morgan fingerprint density at radius 3 is 2.24 bits per heavy atom. The van der Waals surface area contributed by atoms with Crippen LogP contribution in [-0.4, -0.2) is 17.4 Å². The molecule has 0 heterocycles. The van der Waals surface area contributed by atoms with Gasteiger partial charge >= 0.3 is 5.97 Å². The number of rotatable bonds is 3. The molecule has 0 saturated carbocycles. The Balaban J connectivity index is 3.17. The second-order valence-electron chi connectivity index (χ2n) is 4.85. The van der Waals surface area contributed by atoms with Gasteiger partial charge in [0, 0.05) is 10.4 Å². The number of carbonyl (C=O) groups excluding carboxylic acids is 1. The van der Waals surface area contributed by atoms with Crippen LogP contribution in [0, 0.1) is 5.41 Å². The number of esters is 1. The lowest BCUT2D eigenvalue weighted by Crippen LogP contribution is -2.22. The Morgan fingerprint density at radius 1 is 1.24 bits per heavy atom. The highest BCUT2D eigenvalue weighted by Crippen LogP contribution is 2.24. The average Bonchev–Trinajstić information content (AvgIpc) is 2.27. The predicted molar refractivity (Wildman–Crippen MR) is 73.6 cm³/mol. The maximum absolute atomic E-state index is 11.8. The fourth-order valence-corrected chi connectivity index (χ4v) is 1.65. The number of thiocarbonyl (C=S) groups is 1. The maximum atomic E-state index is 11.8. The van der Waals surface area contributed by atoms with E-state index < -0.39 is 0 Å². The standard InChI is InChI=1S/C14H18O2S/c1-5-16-13(15)11-9-7-6-8-10(11)12(17)14(2,3)4/h6-9H,5H2,1-4H3. The third kappa shape index (κ3) is 3.37. The second kappa shape index (κ2) is 5.41. The van der Waals surface area contributed by atoms with Crippen molar-refractivity contribution in [3.8, 4) is 0 Å². The van der Waals surface area contributed by atoms with Crippen LogP contribution < -0.4 is 0 Å². The first-order valence-corrected chi connectivity index (χ1v) is 6.09. The van der Waals surface area contributed by atoms with Gasteiger partial charge in [-0.1, -0.05) is 51.2 Å². The largest absolute Gasteiger partial charge is 0.462 e. The summed E-state index contributed by atoms with van der Waals surface area (Å²) >= 11 is 5.44.